The van der Waals surface area contributed by atoms with Crippen molar-refractivity contribution in [2.75, 3.05) is 44.2 Å². The largest absolute Gasteiger partial charge is 0.369 e. The molecule has 1 unspecified atom stereocenters. The van der Waals surface area contributed by atoms with Crippen LogP contribution in [0.5, 0.6) is 0 Å². The van der Waals surface area contributed by atoms with Crippen molar-refractivity contribution in [2.24, 2.45) is 4.99 Å². The van der Waals surface area contributed by atoms with Crippen LogP contribution in [0.3, 0.4) is 0 Å². The summed E-state index contributed by atoms with van der Waals surface area (Å²) < 4.78 is 1.08. The number of nitrogens with zero attached hydrogens (tertiary/aromatic N) is 3. The van der Waals surface area contributed by atoms with Gasteiger partial charge in [-0.2, -0.15) is 0 Å². The van der Waals surface area contributed by atoms with Crippen LogP contribution in [0.25, 0.3) is 0 Å². The number of rotatable bonds is 6. The predicted octanol–water partition coefficient (Wildman–Crippen LogP) is 1.13. The monoisotopic (exact) mass is 436 g/mol. The molecule has 3 rings (SSSR count). The number of benzene rings is 1. The molecule has 9 heteroatoms. The highest BCUT2D eigenvalue weighted by molar-refractivity contribution is 9.10. The molecule has 0 spiro atoms. The molecule has 0 bridgehead atoms. The van der Waals surface area contributed by atoms with E-state index in [4.69, 9.17) is 0 Å². The summed E-state index contributed by atoms with van der Waals surface area (Å²) >= 11 is 3.47. The Balaban J connectivity index is 1.52. The Hall–Kier alpha value is -2.29. The molecule has 2 aliphatic rings. The first-order valence-electron chi connectivity index (χ1n) is 9.20. The van der Waals surface area contributed by atoms with E-state index in [0.717, 1.165) is 30.5 Å². The molecule has 0 aromatic heterocycles. The Bertz CT molecular complexity index is 692. The first kappa shape index (κ1) is 19.5. The van der Waals surface area contributed by atoms with E-state index in [-0.39, 0.29) is 25.0 Å². The Morgan fingerprint density at radius 3 is 2.78 bits per heavy atom. The average molecular weight is 437 g/mol. The zero-order chi connectivity index (χ0) is 19.2. The van der Waals surface area contributed by atoms with Gasteiger partial charge in [-0.1, -0.05) is 15.9 Å². The standard InChI is InChI=1S/C18H25BrN6O2/c1-2-20-17(21-8-10-25-16(26)11-22-18(25)27)23-14-7-9-24(12-14)15-5-3-13(19)4-6-15/h3-6,14H,2,7-12H2,1H3,(H,22,27)(H2,20,21,23). The van der Waals surface area contributed by atoms with Crippen molar-refractivity contribution in [1.29, 1.82) is 0 Å². The maximum Gasteiger partial charge on any atom is 0.324 e. The first-order chi connectivity index (χ1) is 13.1. The molecular weight excluding hydrogens is 412 g/mol. The summed E-state index contributed by atoms with van der Waals surface area (Å²) in [5.41, 5.74) is 1.21. The minimum Gasteiger partial charge on any atom is -0.369 e. The molecule has 2 saturated heterocycles. The highest BCUT2D eigenvalue weighted by Crippen LogP contribution is 2.22. The number of imide groups is 1. The molecular formula is C18H25BrN6O2. The van der Waals surface area contributed by atoms with Gasteiger partial charge in [0.25, 0.3) is 0 Å². The normalized spacial score (nSPS) is 20.2. The van der Waals surface area contributed by atoms with E-state index in [0.29, 0.717) is 18.5 Å². The van der Waals surface area contributed by atoms with Gasteiger partial charge in [0.05, 0.1) is 19.6 Å². The molecule has 0 radical (unpaired) electrons. The fourth-order valence-corrected chi connectivity index (χ4v) is 3.49. The Labute approximate surface area is 167 Å². The van der Waals surface area contributed by atoms with Crippen molar-refractivity contribution < 1.29 is 9.59 Å². The lowest BCUT2D eigenvalue weighted by Crippen LogP contribution is -2.45. The van der Waals surface area contributed by atoms with Gasteiger partial charge in [0.2, 0.25) is 5.91 Å². The van der Waals surface area contributed by atoms with Crippen molar-refractivity contribution in [1.82, 2.24) is 20.9 Å². The van der Waals surface area contributed by atoms with Gasteiger partial charge >= 0.3 is 6.03 Å². The van der Waals surface area contributed by atoms with Gasteiger partial charge in [0, 0.05) is 35.8 Å². The van der Waals surface area contributed by atoms with Crippen LogP contribution in [0.1, 0.15) is 13.3 Å². The van der Waals surface area contributed by atoms with E-state index < -0.39 is 0 Å². The number of nitrogens with one attached hydrogen (secondary N) is 3. The number of aliphatic imine (C=N–C) groups is 1. The Kier molecular flexibility index (Phi) is 6.54. The van der Waals surface area contributed by atoms with Gasteiger partial charge in [-0.3, -0.25) is 14.7 Å². The first-order valence-corrected chi connectivity index (χ1v) is 9.99. The van der Waals surface area contributed by atoms with Gasteiger partial charge in [-0.05, 0) is 37.6 Å². The third-order valence-electron chi connectivity index (χ3n) is 4.60. The maximum absolute atomic E-state index is 11.6. The Morgan fingerprint density at radius 2 is 2.11 bits per heavy atom. The predicted molar refractivity (Wildman–Crippen MR) is 109 cm³/mol. The summed E-state index contributed by atoms with van der Waals surface area (Å²) in [5.74, 6) is 0.515. The third-order valence-corrected chi connectivity index (χ3v) is 5.12. The summed E-state index contributed by atoms with van der Waals surface area (Å²) in [5, 5.41) is 9.20. The molecule has 0 saturated carbocycles. The van der Waals surface area contributed by atoms with Crippen LogP contribution in [0.2, 0.25) is 0 Å². The highest BCUT2D eigenvalue weighted by Gasteiger charge is 2.28. The number of amides is 3. The van der Waals surface area contributed by atoms with Crippen LogP contribution < -0.4 is 20.9 Å². The van der Waals surface area contributed by atoms with Crippen molar-refractivity contribution in [3.63, 3.8) is 0 Å². The van der Waals surface area contributed by atoms with E-state index in [9.17, 15) is 9.59 Å². The smallest absolute Gasteiger partial charge is 0.324 e. The number of hydrogen-bond acceptors (Lipinski definition) is 4. The summed E-state index contributed by atoms with van der Waals surface area (Å²) in [6, 6.07) is 8.29. The fraction of sp³-hybridized carbons (Fsp3) is 0.500. The average Bonchev–Trinajstić information content (AvgIpc) is 3.24. The number of carbonyl (C=O) groups excluding carboxylic acids is 2. The van der Waals surface area contributed by atoms with E-state index in [1.54, 1.807) is 0 Å². The second kappa shape index (κ2) is 9.07. The lowest BCUT2D eigenvalue weighted by Gasteiger charge is -2.20. The summed E-state index contributed by atoms with van der Waals surface area (Å²) in [6.45, 7) is 5.39. The van der Waals surface area contributed by atoms with Gasteiger partial charge < -0.3 is 20.9 Å². The van der Waals surface area contributed by atoms with Crippen LogP contribution in [0, 0.1) is 0 Å². The van der Waals surface area contributed by atoms with Gasteiger partial charge in [-0.15, -0.1) is 0 Å². The summed E-state index contributed by atoms with van der Waals surface area (Å²) in [4.78, 5) is 31.2. The second-order valence-corrected chi connectivity index (χ2v) is 7.43. The zero-order valence-electron chi connectivity index (χ0n) is 15.4. The van der Waals surface area contributed by atoms with Crippen LogP contribution in [0.4, 0.5) is 10.5 Å². The number of guanidine groups is 1. The summed E-state index contributed by atoms with van der Waals surface area (Å²) in [7, 11) is 0. The van der Waals surface area contributed by atoms with Crippen LogP contribution in [-0.2, 0) is 4.79 Å². The molecule has 146 valence electrons. The molecule has 1 aromatic rings. The number of halogens is 1. The molecule has 0 aliphatic carbocycles. The number of carbonyl (C=O) groups is 2. The van der Waals surface area contributed by atoms with Crippen molar-refractivity contribution in [3.8, 4) is 0 Å². The van der Waals surface area contributed by atoms with Crippen molar-refractivity contribution >= 4 is 39.5 Å². The molecule has 27 heavy (non-hydrogen) atoms. The molecule has 1 atom stereocenters. The Morgan fingerprint density at radius 1 is 1.33 bits per heavy atom. The lowest BCUT2D eigenvalue weighted by molar-refractivity contribution is -0.124. The van der Waals surface area contributed by atoms with Crippen molar-refractivity contribution in [2.45, 2.75) is 19.4 Å². The third kappa shape index (κ3) is 5.12. The molecule has 1 aromatic carbocycles. The second-order valence-electron chi connectivity index (χ2n) is 6.52. The van der Waals surface area contributed by atoms with E-state index >= 15 is 0 Å². The quantitative estimate of drug-likeness (QED) is 0.353. The van der Waals surface area contributed by atoms with E-state index in [2.05, 4.69) is 66.0 Å². The SMILES string of the molecule is CCNC(=NCCN1C(=O)CNC1=O)NC1CCN(c2ccc(Br)cc2)C1. The number of hydrogen-bond donors (Lipinski definition) is 3. The van der Waals surface area contributed by atoms with Crippen LogP contribution in [-0.4, -0.2) is 68.1 Å². The number of urea groups is 1. The molecule has 2 fully saturated rings. The highest BCUT2D eigenvalue weighted by atomic mass is 79.9. The molecule has 8 nitrogen and oxygen atoms in total. The van der Waals surface area contributed by atoms with Crippen molar-refractivity contribution in [3.05, 3.63) is 28.7 Å². The van der Waals surface area contributed by atoms with Crippen LogP contribution in [0.15, 0.2) is 33.7 Å². The fourth-order valence-electron chi connectivity index (χ4n) is 3.22. The lowest BCUT2D eigenvalue weighted by atomic mass is 10.3. The molecule has 3 amide bonds. The maximum atomic E-state index is 11.6. The van der Waals surface area contributed by atoms with Gasteiger partial charge in [0.15, 0.2) is 5.96 Å². The minimum absolute atomic E-state index is 0.0782. The summed E-state index contributed by atoms with van der Waals surface area (Å²) in [6.07, 6.45) is 1.02. The molecule has 2 heterocycles. The topological polar surface area (TPSA) is 89.1 Å². The molecule has 2 aliphatic heterocycles. The molecule has 3 N–H and O–H groups in total. The number of anilines is 1. The van der Waals surface area contributed by atoms with E-state index in [1.165, 1.54) is 10.6 Å². The van der Waals surface area contributed by atoms with Gasteiger partial charge in [-0.25, -0.2) is 4.79 Å². The van der Waals surface area contributed by atoms with Gasteiger partial charge in [0.1, 0.15) is 0 Å². The zero-order valence-corrected chi connectivity index (χ0v) is 17.0. The van der Waals surface area contributed by atoms with E-state index in [1.807, 2.05) is 6.92 Å². The minimum atomic E-state index is -0.339. The van der Waals surface area contributed by atoms with Crippen LogP contribution >= 0.6 is 15.9 Å².